The van der Waals surface area contributed by atoms with Crippen molar-refractivity contribution in [2.45, 2.75) is 32.1 Å². The third-order valence-electron chi connectivity index (χ3n) is 2.87. The Balaban J connectivity index is 2.52. The highest BCUT2D eigenvalue weighted by Crippen LogP contribution is 2.36. The normalized spacial score (nSPS) is 18.8. The molecule has 1 saturated carbocycles. The first-order chi connectivity index (χ1) is 7.54. The lowest BCUT2D eigenvalue weighted by Crippen LogP contribution is -2.36. The zero-order valence-electron chi connectivity index (χ0n) is 8.79. The molecule has 0 unspecified atom stereocenters. The molecule has 0 atom stereocenters. The van der Waals surface area contributed by atoms with E-state index < -0.39 is 15.6 Å². The molecule has 0 radical (unpaired) electrons. The summed E-state index contributed by atoms with van der Waals surface area (Å²) in [6.45, 7) is -0.262. The summed E-state index contributed by atoms with van der Waals surface area (Å²) in [6, 6.07) is 0. The highest BCUT2D eigenvalue weighted by Gasteiger charge is 2.34. The molecule has 1 aliphatic carbocycles. The summed E-state index contributed by atoms with van der Waals surface area (Å²) in [6.07, 6.45) is 4.15. The zero-order chi connectivity index (χ0) is 12.0. The molecule has 0 aromatic carbocycles. The maximum absolute atomic E-state index is 10.1. The van der Waals surface area contributed by atoms with E-state index in [9.17, 15) is 20.2 Å². The van der Waals surface area contributed by atoms with Crippen molar-refractivity contribution >= 4 is 0 Å². The topological polar surface area (TPSA) is 105 Å². The van der Waals surface area contributed by atoms with Crippen LogP contribution in [0.2, 0.25) is 0 Å². The molecular weight excluding hydrogens is 220 g/mol. The molecule has 0 aromatic rings. The van der Waals surface area contributed by atoms with Crippen molar-refractivity contribution in [3.8, 4) is 0 Å². The molecule has 1 rings (SSSR count). The average Bonchev–Trinajstić information content (AvgIpc) is 2.25. The van der Waals surface area contributed by atoms with E-state index in [4.69, 9.17) is 0 Å². The van der Waals surface area contributed by atoms with E-state index in [1.165, 1.54) is 0 Å². The Bertz CT molecular complexity index is 243. The van der Waals surface area contributed by atoms with Crippen molar-refractivity contribution in [3.63, 3.8) is 0 Å². The van der Waals surface area contributed by atoms with E-state index in [1.54, 1.807) is 0 Å². The smallest absolute Gasteiger partial charge is 0.294 e. The third-order valence-corrected chi connectivity index (χ3v) is 2.87. The van der Waals surface area contributed by atoms with Crippen LogP contribution in [-0.2, 0) is 9.68 Å². The standard InChI is InChI=1S/C8H14N2O6/c11-9(12)15-6-8(7-16-10(13)14)4-2-1-3-5-8/h1-7H2. The minimum atomic E-state index is -0.873. The van der Waals surface area contributed by atoms with Crippen LogP contribution in [-0.4, -0.2) is 23.4 Å². The molecule has 1 fully saturated rings. The van der Waals surface area contributed by atoms with Gasteiger partial charge in [-0.25, -0.2) is 0 Å². The Hall–Kier alpha value is -1.60. The van der Waals surface area contributed by atoms with Crippen LogP contribution in [0.3, 0.4) is 0 Å². The van der Waals surface area contributed by atoms with Crippen LogP contribution in [0.15, 0.2) is 0 Å². The van der Waals surface area contributed by atoms with Crippen molar-refractivity contribution in [1.82, 2.24) is 0 Å². The van der Waals surface area contributed by atoms with Gasteiger partial charge in [0, 0.05) is 5.41 Å². The molecule has 0 amide bonds. The van der Waals surface area contributed by atoms with E-state index >= 15 is 0 Å². The van der Waals surface area contributed by atoms with Crippen molar-refractivity contribution in [2.75, 3.05) is 13.2 Å². The molecule has 0 aliphatic heterocycles. The Morgan fingerprint density at radius 3 is 1.75 bits per heavy atom. The van der Waals surface area contributed by atoms with Crippen LogP contribution in [0.5, 0.6) is 0 Å². The summed E-state index contributed by atoms with van der Waals surface area (Å²) < 4.78 is 0. The van der Waals surface area contributed by atoms with Crippen molar-refractivity contribution < 1.29 is 19.8 Å². The number of hydrogen-bond acceptors (Lipinski definition) is 6. The molecule has 0 heterocycles. The molecule has 0 N–H and O–H groups in total. The third kappa shape index (κ3) is 3.87. The van der Waals surface area contributed by atoms with Gasteiger partial charge in [0.05, 0.1) is 0 Å². The maximum Gasteiger partial charge on any atom is 0.294 e. The van der Waals surface area contributed by atoms with Gasteiger partial charge in [-0.2, -0.15) is 0 Å². The minimum Gasteiger partial charge on any atom is -0.313 e. The number of rotatable bonds is 6. The fourth-order valence-electron chi connectivity index (χ4n) is 2.01. The zero-order valence-corrected chi connectivity index (χ0v) is 8.79. The Morgan fingerprint density at radius 1 is 0.938 bits per heavy atom. The monoisotopic (exact) mass is 234 g/mol. The molecule has 92 valence electrons. The molecule has 0 aromatic heterocycles. The van der Waals surface area contributed by atoms with Crippen LogP contribution in [0.25, 0.3) is 0 Å². The second kappa shape index (κ2) is 5.47. The van der Waals surface area contributed by atoms with Gasteiger partial charge in [-0.15, -0.1) is 20.2 Å². The number of nitrogens with zero attached hydrogens (tertiary/aromatic N) is 2. The van der Waals surface area contributed by atoms with Crippen LogP contribution < -0.4 is 0 Å². The summed E-state index contributed by atoms with van der Waals surface area (Å²) in [5.41, 5.74) is -0.585. The van der Waals surface area contributed by atoms with Crippen LogP contribution >= 0.6 is 0 Å². The van der Waals surface area contributed by atoms with Crippen molar-refractivity contribution in [2.24, 2.45) is 5.41 Å². The van der Waals surface area contributed by atoms with Crippen molar-refractivity contribution in [1.29, 1.82) is 0 Å². The minimum absolute atomic E-state index is 0.131. The van der Waals surface area contributed by atoms with E-state index in [0.717, 1.165) is 19.3 Å². The second-order valence-corrected chi connectivity index (χ2v) is 4.05. The number of hydrogen-bond donors (Lipinski definition) is 0. The lowest BCUT2D eigenvalue weighted by molar-refractivity contribution is -0.772. The first-order valence-corrected chi connectivity index (χ1v) is 5.09. The van der Waals surface area contributed by atoms with Gasteiger partial charge in [-0.05, 0) is 12.8 Å². The highest BCUT2D eigenvalue weighted by atomic mass is 17.0. The second-order valence-electron chi connectivity index (χ2n) is 4.05. The maximum atomic E-state index is 10.1. The molecule has 16 heavy (non-hydrogen) atoms. The largest absolute Gasteiger partial charge is 0.313 e. The summed E-state index contributed by atoms with van der Waals surface area (Å²) >= 11 is 0. The van der Waals surface area contributed by atoms with Gasteiger partial charge in [-0.1, -0.05) is 19.3 Å². The predicted octanol–water partition coefficient (Wildman–Crippen LogP) is 1.35. The van der Waals surface area contributed by atoms with Gasteiger partial charge in [-0.3, -0.25) is 0 Å². The quantitative estimate of drug-likeness (QED) is 0.507. The summed E-state index contributed by atoms with van der Waals surface area (Å²) in [5.74, 6) is 0. The van der Waals surface area contributed by atoms with E-state index in [1.807, 2.05) is 0 Å². The van der Waals surface area contributed by atoms with Gasteiger partial charge in [0.1, 0.15) is 13.2 Å². The Kier molecular flexibility index (Phi) is 4.27. The van der Waals surface area contributed by atoms with Gasteiger partial charge in [0.2, 0.25) is 0 Å². The first kappa shape index (κ1) is 12.5. The molecular formula is C8H14N2O6. The van der Waals surface area contributed by atoms with Crippen LogP contribution in [0.1, 0.15) is 32.1 Å². The Labute approximate surface area is 91.7 Å². The fourth-order valence-corrected chi connectivity index (χ4v) is 2.01. The first-order valence-electron chi connectivity index (χ1n) is 5.09. The van der Waals surface area contributed by atoms with Crippen LogP contribution in [0, 0.1) is 25.6 Å². The molecule has 0 saturated heterocycles. The molecule has 0 spiro atoms. The molecule has 1 aliphatic rings. The Morgan fingerprint density at radius 2 is 1.38 bits per heavy atom. The SMILES string of the molecule is O=[N+]([O-])OCC1(CO[N+](=O)[O-])CCCCC1. The lowest BCUT2D eigenvalue weighted by Gasteiger charge is -2.35. The van der Waals surface area contributed by atoms with Gasteiger partial charge >= 0.3 is 0 Å². The lowest BCUT2D eigenvalue weighted by atomic mass is 9.75. The fraction of sp³-hybridized carbons (Fsp3) is 1.00. The predicted molar refractivity (Wildman–Crippen MR) is 51.4 cm³/mol. The van der Waals surface area contributed by atoms with E-state index in [2.05, 4.69) is 9.68 Å². The molecule has 0 bridgehead atoms. The summed E-state index contributed by atoms with van der Waals surface area (Å²) in [5, 5.41) is 18.5. The van der Waals surface area contributed by atoms with E-state index in [0.29, 0.717) is 12.8 Å². The summed E-state index contributed by atoms with van der Waals surface area (Å²) in [4.78, 5) is 28.9. The van der Waals surface area contributed by atoms with Crippen LogP contribution in [0.4, 0.5) is 0 Å². The van der Waals surface area contributed by atoms with Gasteiger partial charge in [0.15, 0.2) is 0 Å². The van der Waals surface area contributed by atoms with E-state index in [-0.39, 0.29) is 13.2 Å². The average molecular weight is 234 g/mol. The van der Waals surface area contributed by atoms with Crippen molar-refractivity contribution in [3.05, 3.63) is 20.2 Å². The summed E-state index contributed by atoms with van der Waals surface area (Å²) in [7, 11) is 0. The molecule has 8 heteroatoms. The van der Waals surface area contributed by atoms with Gasteiger partial charge < -0.3 is 9.68 Å². The highest BCUT2D eigenvalue weighted by molar-refractivity contribution is 4.81. The molecule has 8 nitrogen and oxygen atoms in total. The van der Waals surface area contributed by atoms with Gasteiger partial charge in [0.25, 0.3) is 10.2 Å².